The second-order valence-corrected chi connectivity index (χ2v) is 2.77. The summed E-state index contributed by atoms with van der Waals surface area (Å²) in [4.78, 5) is 4.12. The molecule has 0 aromatic carbocycles. The Kier molecular flexibility index (Phi) is 3.04. The van der Waals surface area contributed by atoms with Gasteiger partial charge in [0.05, 0.1) is 0 Å². The van der Waals surface area contributed by atoms with E-state index in [0.29, 0.717) is 6.42 Å². The maximum Gasteiger partial charge on any atom is 0.106 e. The van der Waals surface area contributed by atoms with Crippen molar-refractivity contribution in [3.8, 4) is 0 Å². The van der Waals surface area contributed by atoms with Gasteiger partial charge >= 0.3 is 0 Å². The van der Waals surface area contributed by atoms with E-state index >= 15 is 0 Å². The highest BCUT2D eigenvalue weighted by Gasteiger charge is 1.91. The van der Waals surface area contributed by atoms with Crippen LogP contribution in [0.25, 0.3) is 0 Å². The van der Waals surface area contributed by atoms with Gasteiger partial charge in [0.15, 0.2) is 0 Å². The molecule has 1 N–H and O–H groups in total. The van der Waals surface area contributed by atoms with E-state index in [4.69, 9.17) is 5.21 Å². The molecule has 4 heteroatoms. The van der Waals surface area contributed by atoms with Crippen LogP contribution in [-0.4, -0.2) is 16.4 Å². The Morgan fingerprint density at radius 3 is 3.09 bits per heavy atom. The fourth-order valence-corrected chi connectivity index (χ4v) is 1.08. The van der Waals surface area contributed by atoms with Gasteiger partial charge in [0, 0.05) is 18.3 Å². The van der Waals surface area contributed by atoms with Crippen LogP contribution in [0.5, 0.6) is 0 Å². The van der Waals surface area contributed by atoms with Crippen LogP contribution in [0.4, 0.5) is 0 Å². The lowest BCUT2D eigenvalue weighted by molar-refractivity contribution is 0.320. The quantitative estimate of drug-likeness (QED) is 0.354. The maximum absolute atomic E-state index is 8.13. The first kappa shape index (κ1) is 8.20. The van der Waals surface area contributed by atoms with Crippen molar-refractivity contribution in [2.75, 3.05) is 0 Å². The van der Waals surface area contributed by atoms with Crippen molar-refractivity contribution in [2.45, 2.75) is 6.42 Å². The van der Waals surface area contributed by atoms with E-state index in [2.05, 4.69) is 26.1 Å². The van der Waals surface area contributed by atoms with E-state index in [9.17, 15) is 0 Å². The molecule has 3 nitrogen and oxygen atoms in total. The van der Waals surface area contributed by atoms with Crippen LogP contribution < -0.4 is 0 Å². The lowest BCUT2D eigenvalue weighted by atomic mass is 10.3. The van der Waals surface area contributed by atoms with Crippen molar-refractivity contribution in [1.29, 1.82) is 0 Å². The third-order valence-electron chi connectivity index (χ3n) is 1.15. The summed E-state index contributed by atoms with van der Waals surface area (Å²) in [6.45, 7) is 0. The molecule has 1 aromatic rings. The molecule has 0 unspecified atom stereocenters. The average Bonchev–Trinajstić information content (AvgIpc) is 2.01. The van der Waals surface area contributed by atoms with E-state index < -0.39 is 0 Å². The van der Waals surface area contributed by atoms with Gasteiger partial charge in [-0.1, -0.05) is 6.07 Å². The van der Waals surface area contributed by atoms with Gasteiger partial charge in [0.2, 0.25) is 0 Å². The van der Waals surface area contributed by atoms with Gasteiger partial charge in [-0.2, -0.15) is 0 Å². The molecule has 0 atom stereocenters. The largest absolute Gasteiger partial charge is 0.411 e. The highest BCUT2D eigenvalue weighted by molar-refractivity contribution is 9.10. The van der Waals surface area contributed by atoms with Crippen LogP contribution in [0.2, 0.25) is 0 Å². The van der Waals surface area contributed by atoms with Crippen molar-refractivity contribution in [3.63, 3.8) is 0 Å². The molecule has 0 aliphatic carbocycles. The lowest BCUT2D eigenvalue weighted by Crippen LogP contribution is -1.90. The zero-order valence-corrected chi connectivity index (χ0v) is 7.32. The van der Waals surface area contributed by atoms with Gasteiger partial charge < -0.3 is 5.21 Å². The van der Waals surface area contributed by atoms with Crippen LogP contribution in [0.3, 0.4) is 0 Å². The predicted octanol–water partition coefficient (Wildman–Crippen LogP) is 1.85. The van der Waals surface area contributed by atoms with E-state index in [0.717, 1.165) is 10.3 Å². The highest BCUT2D eigenvalue weighted by atomic mass is 79.9. The van der Waals surface area contributed by atoms with Gasteiger partial charge in [-0.3, -0.25) is 0 Å². The van der Waals surface area contributed by atoms with E-state index in [-0.39, 0.29) is 0 Å². The molecule has 1 heterocycles. The number of oxime groups is 1. The van der Waals surface area contributed by atoms with Crippen molar-refractivity contribution in [1.82, 2.24) is 4.98 Å². The van der Waals surface area contributed by atoms with Crippen LogP contribution in [0.1, 0.15) is 5.69 Å². The summed E-state index contributed by atoms with van der Waals surface area (Å²) in [5, 5.41) is 11.0. The smallest absolute Gasteiger partial charge is 0.106 e. The van der Waals surface area contributed by atoms with Crippen molar-refractivity contribution in [3.05, 3.63) is 28.5 Å². The normalized spacial score (nSPS) is 10.6. The Bertz CT molecular complexity index is 262. The first-order chi connectivity index (χ1) is 5.33. The molecule has 0 fully saturated rings. The van der Waals surface area contributed by atoms with Crippen molar-refractivity contribution < 1.29 is 5.21 Å². The molecule has 0 aliphatic heterocycles. The number of hydrogen-bond acceptors (Lipinski definition) is 3. The maximum atomic E-state index is 8.13. The minimum Gasteiger partial charge on any atom is -0.411 e. The van der Waals surface area contributed by atoms with Gasteiger partial charge in [0.25, 0.3) is 0 Å². The van der Waals surface area contributed by atoms with Crippen LogP contribution in [0.15, 0.2) is 28.0 Å². The molecule has 58 valence electrons. The summed E-state index contributed by atoms with van der Waals surface area (Å²) in [5.41, 5.74) is 0.872. The van der Waals surface area contributed by atoms with Crippen LogP contribution in [-0.2, 0) is 6.42 Å². The summed E-state index contributed by atoms with van der Waals surface area (Å²) in [6, 6.07) is 5.60. The number of halogens is 1. The predicted molar refractivity (Wildman–Crippen MR) is 45.9 cm³/mol. The monoisotopic (exact) mass is 214 g/mol. The lowest BCUT2D eigenvalue weighted by Gasteiger charge is -1.93. The number of hydrogen-bond donors (Lipinski definition) is 1. The Morgan fingerprint density at radius 2 is 2.45 bits per heavy atom. The Hall–Kier alpha value is -0.900. The van der Waals surface area contributed by atoms with E-state index in [1.807, 2.05) is 18.2 Å². The molecule has 0 amide bonds. The Balaban J connectivity index is 2.71. The second kappa shape index (κ2) is 4.08. The number of aromatic nitrogens is 1. The molecular formula is C7H7BrN2O. The fraction of sp³-hybridized carbons (Fsp3) is 0.143. The summed E-state index contributed by atoms with van der Waals surface area (Å²) in [7, 11) is 0. The molecule has 0 bridgehead atoms. The zero-order chi connectivity index (χ0) is 8.10. The standard InChI is InChI=1S/C7H7BrN2O/c8-7-3-1-2-6(10-7)4-5-9-11/h1-3,5,11H,4H2. The van der Waals surface area contributed by atoms with Gasteiger partial charge in [-0.15, -0.1) is 5.16 Å². The van der Waals surface area contributed by atoms with Crippen LogP contribution in [0, 0.1) is 0 Å². The molecule has 0 saturated carbocycles. The first-order valence-corrected chi connectivity index (χ1v) is 3.89. The Morgan fingerprint density at radius 1 is 1.64 bits per heavy atom. The third-order valence-corrected chi connectivity index (χ3v) is 1.60. The van der Waals surface area contributed by atoms with E-state index in [1.165, 1.54) is 6.21 Å². The molecule has 0 radical (unpaired) electrons. The summed E-state index contributed by atoms with van der Waals surface area (Å²) >= 11 is 3.24. The molecule has 1 rings (SSSR count). The highest BCUT2D eigenvalue weighted by Crippen LogP contribution is 2.05. The molecule has 0 spiro atoms. The topological polar surface area (TPSA) is 45.5 Å². The molecule has 1 aromatic heterocycles. The molecule has 0 saturated heterocycles. The van der Waals surface area contributed by atoms with Crippen LogP contribution >= 0.6 is 15.9 Å². The number of rotatable bonds is 2. The van der Waals surface area contributed by atoms with Gasteiger partial charge in [-0.05, 0) is 28.1 Å². The third kappa shape index (κ3) is 2.67. The van der Waals surface area contributed by atoms with Gasteiger partial charge in [-0.25, -0.2) is 4.98 Å². The average molecular weight is 215 g/mol. The molecule has 0 aliphatic rings. The summed E-state index contributed by atoms with van der Waals surface area (Å²) in [5.74, 6) is 0. The number of pyridine rings is 1. The van der Waals surface area contributed by atoms with Crippen molar-refractivity contribution in [2.24, 2.45) is 5.16 Å². The van der Waals surface area contributed by atoms with Crippen molar-refractivity contribution >= 4 is 22.1 Å². The Labute approximate surface area is 72.9 Å². The SMILES string of the molecule is ON=CCc1cccc(Br)n1. The van der Waals surface area contributed by atoms with Gasteiger partial charge in [0.1, 0.15) is 4.60 Å². The first-order valence-electron chi connectivity index (χ1n) is 3.10. The fourth-order valence-electron chi connectivity index (χ4n) is 0.698. The minimum absolute atomic E-state index is 0.552. The second-order valence-electron chi connectivity index (χ2n) is 1.95. The minimum atomic E-state index is 0.552. The summed E-state index contributed by atoms with van der Waals surface area (Å²) < 4.78 is 0.793. The van der Waals surface area contributed by atoms with E-state index in [1.54, 1.807) is 0 Å². The molecule has 11 heavy (non-hydrogen) atoms. The molecular weight excluding hydrogens is 208 g/mol. The summed E-state index contributed by atoms with van der Waals surface area (Å²) in [6.07, 6.45) is 1.95. The zero-order valence-electron chi connectivity index (χ0n) is 5.74. The number of nitrogens with zero attached hydrogens (tertiary/aromatic N) is 2.